The standard InChI is InChI=1S/C21H28N4O2/c1-24(13-20-23-18-9-5-6-10-19(18)25(20)2)21(26)22-12-17-11-15-7-3-4-8-16(15)14-27-17/h3-4,7-8,17H,5-6,9-14H2,1-2H3,(H,22,26)/t17-/m0/s1. The molecule has 2 aromatic rings. The Hall–Kier alpha value is -2.34. The lowest BCUT2D eigenvalue weighted by atomic mass is 9.99. The van der Waals surface area contributed by atoms with E-state index in [9.17, 15) is 4.79 Å². The van der Waals surface area contributed by atoms with Crippen LogP contribution in [0.2, 0.25) is 0 Å². The molecule has 1 aliphatic heterocycles. The highest BCUT2D eigenvalue weighted by atomic mass is 16.5. The average Bonchev–Trinajstić information content (AvgIpc) is 3.01. The number of imidazole rings is 1. The molecule has 2 heterocycles. The van der Waals surface area contributed by atoms with Crippen LogP contribution in [0.4, 0.5) is 4.79 Å². The van der Waals surface area contributed by atoms with Gasteiger partial charge in [-0.25, -0.2) is 9.78 Å². The number of ether oxygens (including phenoxy) is 1. The van der Waals surface area contributed by atoms with Gasteiger partial charge in [0.1, 0.15) is 5.82 Å². The van der Waals surface area contributed by atoms with Crippen LogP contribution in [-0.4, -0.2) is 40.2 Å². The molecule has 1 N–H and O–H groups in total. The fourth-order valence-corrected chi connectivity index (χ4v) is 4.04. The van der Waals surface area contributed by atoms with Crippen molar-refractivity contribution in [2.75, 3.05) is 13.6 Å². The van der Waals surface area contributed by atoms with Gasteiger partial charge in [-0.3, -0.25) is 0 Å². The molecule has 4 rings (SSSR count). The molecular formula is C21H28N4O2. The number of hydrogen-bond donors (Lipinski definition) is 1. The maximum Gasteiger partial charge on any atom is 0.317 e. The summed E-state index contributed by atoms with van der Waals surface area (Å²) in [4.78, 5) is 19.0. The third-order valence-corrected chi connectivity index (χ3v) is 5.71. The highest BCUT2D eigenvalue weighted by Gasteiger charge is 2.22. The fourth-order valence-electron chi connectivity index (χ4n) is 4.04. The van der Waals surface area contributed by atoms with Gasteiger partial charge in [0.15, 0.2) is 0 Å². The van der Waals surface area contributed by atoms with Crippen molar-refractivity contribution in [1.29, 1.82) is 0 Å². The van der Waals surface area contributed by atoms with Gasteiger partial charge < -0.3 is 19.5 Å². The number of benzene rings is 1. The second-order valence-corrected chi connectivity index (χ2v) is 7.64. The number of fused-ring (bicyclic) bond motifs is 2. The molecular weight excluding hydrogens is 340 g/mol. The Morgan fingerprint density at radius 3 is 2.89 bits per heavy atom. The Morgan fingerprint density at radius 2 is 2.07 bits per heavy atom. The average molecular weight is 368 g/mol. The first-order valence-corrected chi connectivity index (χ1v) is 9.82. The molecule has 0 spiro atoms. The highest BCUT2D eigenvalue weighted by Crippen LogP contribution is 2.22. The van der Waals surface area contributed by atoms with Crippen LogP contribution in [0.15, 0.2) is 24.3 Å². The van der Waals surface area contributed by atoms with Crippen LogP contribution in [0.25, 0.3) is 0 Å². The summed E-state index contributed by atoms with van der Waals surface area (Å²) in [5, 5.41) is 3.01. The van der Waals surface area contributed by atoms with Crippen molar-refractivity contribution < 1.29 is 9.53 Å². The molecule has 0 fully saturated rings. The van der Waals surface area contributed by atoms with Crippen molar-refractivity contribution in [2.45, 2.75) is 51.4 Å². The van der Waals surface area contributed by atoms with Crippen molar-refractivity contribution >= 4 is 6.03 Å². The zero-order valence-electron chi connectivity index (χ0n) is 16.2. The van der Waals surface area contributed by atoms with Crippen molar-refractivity contribution in [1.82, 2.24) is 19.8 Å². The predicted octanol–water partition coefficient (Wildman–Crippen LogP) is 2.58. The summed E-state index contributed by atoms with van der Waals surface area (Å²) in [5.74, 6) is 0.961. The van der Waals surface area contributed by atoms with E-state index in [1.807, 2.05) is 13.1 Å². The number of aromatic nitrogens is 2. The largest absolute Gasteiger partial charge is 0.371 e. The van der Waals surface area contributed by atoms with Gasteiger partial charge in [-0.15, -0.1) is 0 Å². The van der Waals surface area contributed by atoms with E-state index in [4.69, 9.17) is 9.72 Å². The number of aryl methyl sites for hydroxylation is 1. The number of rotatable bonds is 4. The van der Waals surface area contributed by atoms with E-state index < -0.39 is 0 Å². The molecule has 0 unspecified atom stereocenters. The number of hydrogen-bond acceptors (Lipinski definition) is 3. The summed E-state index contributed by atoms with van der Waals surface area (Å²) in [6, 6.07) is 8.25. The van der Waals surface area contributed by atoms with Gasteiger partial charge in [0, 0.05) is 32.8 Å². The lowest BCUT2D eigenvalue weighted by molar-refractivity contribution is 0.0298. The molecule has 2 aliphatic rings. The number of carbonyl (C=O) groups is 1. The minimum Gasteiger partial charge on any atom is -0.371 e. The number of carbonyl (C=O) groups excluding carboxylic acids is 1. The zero-order chi connectivity index (χ0) is 18.8. The monoisotopic (exact) mass is 368 g/mol. The number of urea groups is 1. The topological polar surface area (TPSA) is 59.4 Å². The number of nitrogens with one attached hydrogen (secondary N) is 1. The molecule has 1 aliphatic carbocycles. The molecule has 6 heteroatoms. The second-order valence-electron chi connectivity index (χ2n) is 7.64. The van der Waals surface area contributed by atoms with Crippen LogP contribution in [0, 0.1) is 0 Å². The van der Waals surface area contributed by atoms with Gasteiger partial charge in [-0.05, 0) is 36.8 Å². The SMILES string of the molecule is CN(Cc1nc2c(n1C)CCCC2)C(=O)NC[C@@H]1Cc2ccccc2CO1. The van der Waals surface area contributed by atoms with Crippen LogP contribution in [0.5, 0.6) is 0 Å². The van der Waals surface area contributed by atoms with E-state index >= 15 is 0 Å². The van der Waals surface area contributed by atoms with Gasteiger partial charge in [-0.1, -0.05) is 24.3 Å². The summed E-state index contributed by atoms with van der Waals surface area (Å²) in [6.07, 6.45) is 5.45. The Morgan fingerprint density at radius 1 is 1.30 bits per heavy atom. The zero-order valence-corrected chi connectivity index (χ0v) is 16.2. The molecule has 1 aromatic heterocycles. The van der Waals surface area contributed by atoms with E-state index in [1.165, 1.54) is 35.4 Å². The van der Waals surface area contributed by atoms with Gasteiger partial charge >= 0.3 is 6.03 Å². The van der Waals surface area contributed by atoms with E-state index in [0.717, 1.165) is 25.1 Å². The van der Waals surface area contributed by atoms with E-state index in [-0.39, 0.29) is 12.1 Å². The minimum absolute atomic E-state index is 0.0257. The lowest BCUT2D eigenvalue weighted by Gasteiger charge is -2.26. The second kappa shape index (κ2) is 7.72. The molecule has 2 amide bonds. The van der Waals surface area contributed by atoms with E-state index in [0.29, 0.717) is 19.7 Å². The fraction of sp³-hybridized carbons (Fsp3) is 0.524. The quantitative estimate of drug-likeness (QED) is 0.902. The summed E-state index contributed by atoms with van der Waals surface area (Å²) < 4.78 is 8.04. The first kappa shape index (κ1) is 18.0. The third kappa shape index (κ3) is 3.86. The summed E-state index contributed by atoms with van der Waals surface area (Å²) in [5.41, 5.74) is 5.10. The van der Waals surface area contributed by atoms with Crippen LogP contribution >= 0.6 is 0 Å². The Balaban J connectivity index is 1.31. The Bertz CT molecular complexity index is 830. The van der Waals surface area contributed by atoms with E-state index in [2.05, 4.69) is 35.1 Å². The summed E-state index contributed by atoms with van der Waals surface area (Å²) >= 11 is 0. The maximum absolute atomic E-state index is 12.5. The maximum atomic E-state index is 12.5. The van der Waals surface area contributed by atoms with Gasteiger partial charge in [-0.2, -0.15) is 0 Å². The predicted molar refractivity (Wildman–Crippen MR) is 103 cm³/mol. The highest BCUT2D eigenvalue weighted by molar-refractivity contribution is 5.73. The van der Waals surface area contributed by atoms with Crippen molar-refractivity contribution in [3.8, 4) is 0 Å². The summed E-state index contributed by atoms with van der Waals surface area (Å²) in [7, 11) is 3.88. The molecule has 1 aromatic carbocycles. The lowest BCUT2D eigenvalue weighted by Crippen LogP contribution is -2.42. The molecule has 6 nitrogen and oxygen atoms in total. The Labute approximate surface area is 160 Å². The van der Waals surface area contributed by atoms with Gasteiger partial charge in [0.25, 0.3) is 0 Å². The summed E-state index contributed by atoms with van der Waals surface area (Å²) in [6.45, 7) is 1.66. The molecule has 0 bridgehead atoms. The van der Waals surface area contributed by atoms with Crippen molar-refractivity contribution in [3.63, 3.8) is 0 Å². The smallest absolute Gasteiger partial charge is 0.317 e. The van der Waals surface area contributed by atoms with Crippen LogP contribution in [-0.2, 0) is 44.2 Å². The molecule has 0 radical (unpaired) electrons. The molecule has 0 saturated heterocycles. The molecule has 27 heavy (non-hydrogen) atoms. The van der Waals surface area contributed by atoms with Gasteiger partial charge in [0.2, 0.25) is 0 Å². The van der Waals surface area contributed by atoms with Crippen molar-refractivity contribution in [2.24, 2.45) is 7.05 Å². The first-order chi connectivity index (χ1) is 13.1. The normalized spacial score (nSPS) is 18.5. The molecule has 144 valence electrons. The molecule has 1 atom stereocenters. The van der Waals surface area contributed by atoms with E-state index in [1.54, 1.807) is 4.90 Å². The first-order valence-electron chi connectivity index (χ1n) is 9.82. The van der Waals surface area contributed by atoms with Crippen LogP contribution in [0.3, 0.4) is 0 Å². The Kier molecular flexibility index (Phi) is 5.16. The minimum atomic E-state index is -0.0848. The van der Waals surface area contributed by atoms with Crippen molar-refractivity contribution in [3.05, 3.63) is 52.6 Å². The third-order valence-electron chi connectivity index (χ3n) is 5.71. The van der Waals surface area contributed by atoms with Crippen LogP contribution < -0.4 is 5.32 Å². The van der Waals surface area contributed by atoms with Gasteiger partial charge in [0.05, 0.1) is 24.9 Å². The number of amides is 2. The molecule has 0 saturated carbocycles. The number of nitrogens with zero attached hydrogens (tertiary/aromatic N) is 3. The van der Waals surface area contributed by atoms with Crippen LogP contribution in [0.1, 0.15) is 41.2 Å².